The monoisotopic (exact) mass is 418 g/mol. The first kappa shape index (κ1) is 23.5. The van der Waals surface area contributed by atoms with Gasteiger partial charge in [-0.15, -0.1) is 0 Å². The van der Waals surface area contributed by atoms with Crippen LogP contribution >= 0.6 is 0 Å². The molecule has 0 fully saturated rings. The highest BCUT2D eigenvalue weighted by molar-refractivity contribution is 6.25. The van der Waals surface area contributed by atoms with Crippen molar-refractivity contribution in [3.05, 3.63) is 82.9 Å². The van der Waals surface area contributed by atoms with Crippen molar-refractivity contribution in [2.24, 2.45) is 0 Å². The lowest BCUT2D eigenvalue weighted by Gasteiger charge is -2.15. The zero-order valence-electron chi connectivity index (χ0n) is 18.4. The Morgan fingerprint density at radius 2 is 0.968 bits per heavy atom. The first-order valence-electron chi connectivity index (χ1n) is 10.3. The van der Waals surface area contributed by atoms with Crippen LogP contribution in [0.3, 0.4) is 0 Å². The molecule has 3 aromatic rings. The molecule has 0 unspecified atom stereocenters. The van der Waals surface area contributed by atoms with Gasteiger partial charge in [0.1, 0.15) is 0 Å². The van der Waals surface area contributed by atoms with Crippen LogP contribution in [0.5, 0.6) is 0 Å². The van der Waals surface area contributed by atoms with Crippen molar-refractivity contribution in [3.8, 4) is 0 Å². The number of hydrogen-bond donors (Lipinski definition) is 1. The van der Waals surface area contributed by atoms with E-state index >= 15 is 0 Å². The third-order valence-corrected chi connectivity index (χ3v) is 4.62. The molecule has 160 valence electrons. The second-order valence-electron chi connectivity index (χ2n) is 6.21. The number of amides is 4. The van der Waals surface area contributed by atoms with E-state index in [-0.39, 0.29) is 23.6 Å². The zero-order chi connectivity index (χ0) is 23.1. The van der Waals surface area contributed by atoms with Crippen molar-refractivity contribution in [2.75, 3.05) is 7.05 Å². The van der Waals surface area contributed by atoms with Crippen LogP contribution < -0.4 is 5.32 Å². The van der Waals surface area contributed by atoms with Gasteiger partial charge in [0.2, 0.25) is 0 Å². The fraction of sp³-hybridized carbons (Fsp3) is 0.200. The Bertz CT molecular complexity index is 1070. The second-order valence-corrected chi connectivity index (χ2v) is 6.21. The summed E-state index contributed by atoms with van der Waals surface area (Å²) in [6, 6.07) is 17.7. The number of nitrogens with zero attached hydrogens (tertiary/aromatic N) is 1. The van der Waals surface area contributed by atoms with Crippen molar-refractivity contribution >= 4 is 34.4 Å². The molecular weight excluding hydrogens is 392 g/mol. The van der Waals surface area contributed by atoms with Gasteiger partial charge in [0.25, 0.3) is 23.6 Å². The Morgan fingerprint density at radius 3 is 1.39 bits per heavy atom. The fourth-order valence-electron chi connectivity index (χ4n) is 3.27. The summed E-state index contributed by atoms with van der Waals surface area (Å²) in [5.41, 5.74) is 2.15. The number of hydrogen-bond acceptors (Lipinski definition) is 4. The molecule has 4 amide bonds. The molecule has 6 heteroatoms. The molecule has 0 radical (unpaired) electrons. The van der Waals surface area contributed by atoms with Gasteiger partial charge >= 0.3 is 0 Å². The molecule has 31 heavy (non-hydrogen) atoms. The number of benzene rings is 3. The fourth-order valence-corrected chi connectivity index (χ4v) is 3.27. The Kier molecular flexibility index (Phi) is 7.80. The summed E-state index contributed by atoms with van der Waals surface area (Å²) in [7, 11) is 1.49. The summed E-state index contributed by atoms with van der Waals surface area (Å²) < 4.78 is 0. The molecule has 0 saturated heterocycles. The number of fused-ring (bicyclic) bond motifs is 1. The van der Waals surface area contributed by atoms with E-state index in [1.54, 1.807) is 36.4 Å². The smallest absolute Gasteiger partial charge is 0.261 e. The number of rotatable bonds is 0. The average Bonchev–Trinajstić information content (AvgIpc) is 3.05. The molecule has 2 aliphatic rings. The van der Waals surface area contributed by atoms with Crippen LogP contribution in [0.15, 0.2) is 60.7 Å². The molecule has 0 bridgehead atoms. The highest BCUT2D eigenvalue weighted by Gasteiger charge is 2.31. The maximum Gasteiger partial charge on any atom is 0.261 e. The SMILES string of the molecule is CC.CC.CN1C(=O)c2ccccc2C1=O.O=C1NC(=O)c2cccc3cccc1c23. The van der Waals surface area contributed by atoms with E-state index < -0.39 is 0 Å². The molecule has 2 heterocycles. The molecule has 2 aliphatic heterocycles. The summed E-state index contributed by atoms with van der Waals surface area (Å²) in [5, 5.41) is 4.00. The number of imide groups is 2. The maximum absolute atomic E-state index is 11.6. The quantitative estimate of drug-likeness (QED) is 0.537. The molecule has 0 spiro atoms. The zero-order valence-corrected chi connectivity index (χ0v) is 18.4. The van der Waals surface area contributed by atoms with Crippen LogP contribution in [0.25, 0.3) is 10.8 Å². The van der Waals surface area contributed by atoms with Crippen molar-refractivity contribution in [1.82, 2.24) is 10.2 Å². The topological polar surface area (TPSA) is 83.6 Å². The average molecular weight is 418 g/mol. The Labute approximate surface area is 181 Å². The van der Waals surface area contributed by atoms with Crippen molar-refractivity contribution in [3.63, 3.8) is 0 Å². The predicted molar refractivity (Wildman–Crippen MR) is 121 cm³/mol. The van der Waals surface area contributed by atoms with Gasteiger partial charge in [-0.2, -0.15) is 0 Å². The molecule has 0 aromatic heterocycles. The van der Waals surface area contributed by atoms with Crippen molar-refractivity contribution in [2.45, 2.75) is 27.7 Å². The molecule has 0 saturated carbocycles. The first-order chi connectivity index (χ1) is 15.0. The van der Waals surface area contributed by atoms with E-state index in [9.17, 15) is 19.2 Å². The Morgan fingerprint density at radius 1 is 0.581 bits per heavy atom. The predicted octanol–water partition coefficient (Wildman–Crippen LogP) is 4.69. The number of nitrogens with one attached hydrogen (secondary N) is 1. The van der Waals surface area contributed by atoms with E-state index in [1.807, 2.05) is 52.0 Å². The van der Waals surface area contributed by atoms with Crippen LogP contribution in [-0.2, 0) is 0 Å². The van der Waals surface area contributed by atoms with Gasteiger partial charge < -0.3 is 0 Å². The second kappa shape index (κ2) is 10.3. The van der Waals surface area contributed by atoms with E-state index in [0.717, 1.165) is 15.7 Å². The maximum atomic E-state index is 11.6. The molecule has 0 aliphatic carbocycles. The summed E-state index contributed by atoms with van der Waals surface area (Å²) in [6.07, 6.45) is 0. The third-order valence-electron chi connectivity index (χ3n) is 4.62. The molecule has 1 N–H and O–H groups in total. The minimum Gasteiger partial charge on any atom is -0.288 e. The molecule has 0 atom stereocenters. The molecular formula is C25H26N2O4. The van der Waals surface area contributed by atoms with Crippen LogP contribution in [0.4, 0.5) is 0 Å². The van der Waals surface area contributed by atoms with E-state index in [0.29, 0.717) is 22.3 Å². The minimum atomic E-state index is -0.315. The highest BCUT2D eigenvalue weighted by Crippen LogP contribution is 2.26. The number of carbonyl (C=O) groups is 4. The lowest BCUT2D eigenvalue weighted by atomic mass is 9.95. The van der Waals surface area contributed by atoms with Crippen LogP contribution in [0, 0.1) is 0 Å². The van der Waals surface area contributed by atoms with E-state index in [4.69, 9.17) is 0 Å². The van der Waals surface area contributed by atoms with Crippen molar-refractivity contribution in [1.29, 1.82) is 0 Å². The van der Waals surface area contributed by atoms with Crippen LogP contribution in [0.1, 0.15) is 69.1 Å². The van der Waals surface area contributed by atoms with Crippen LogP contribution in [-0.4, -0.2) is 35.6 Å². The van der Waals surface area contributed by atoms with Gasteiger partial charge in [-0.3, -0.25) is 29.4 Å². The summed E-state index contributed by atoms with van der Waals surface area (Å²) in [4.78, 5) is 46.9. The third kappa shape index (κ3) is 4.38. The van der Waals surface area contributed by atoms with Gasteiger partial charge in [0.05, 0.1) is 11.1 Å². The van der Waals surface area contributed by atoms with E-state index in [1.165, 1.54) is 7.05 Å². The van der Waals surface area contributed by atoms with Gasteiger partial charge in [-0.1, -0.05) is 64.1 Å². The lowest BCUT2D eigenvalue weighted by molar-refractivity contribution is 0.0691. The first-order valence-corrected chi connectivity index (χ1v) is 10.3. The van der Waals surface area contributed by atoms with Crippen LogP contribution in [0.2, 0.25) is 0 Å². The minimum absolute atomic E-state index is 0.212. The molecule has 5 rings (SSSR count). The van der Waals surface area contributed by atoms with Crippen molar-refractivity contribution < 1.29 is 19.2 Å². The Balaban J connectivity index is 0.000000194. The van der Waals surface area contributed by atoms with E-state index in [2.05, 4.69) is 5.32 Å². The number of carbonyl (C=O) groups excluding carboxylic acids is 4. The summed E-state index contributed by atoms with van der Waals surface area (Å²) in [5.74, 6) is -1.06. The summed E-state index contributed by atoms with van der Waals surface area (Å²) >= 11 is 0. The van der Waals surface area contributed by atoms with Gasteiger partial charge in [-0.05, 0) is 29.7 Å². The summed E-state index contributed by atoms with van der Waals surface area (Å²) in [6.45, 7) is 8.00. The largest absolute Gasteiger partial charge is 0.288 e. The molecule has 6 nitrogen and oxygen atoms in total. The van der Waals surface area contributed by atoms with Gasteiger partial charge in [-0.25, -0.2) is 0 Å². The standard InChI is InChI=1S/C12H7NO2.C9H7NO2.2C2H6/c14-11-8-5-1-3-7-4-2-6-9(10(7)8)12(15)13-11;1-10-8(11)6-4-2-3-5-7(6)9(10)12;2*1-2/h1-6H,(H,13,14,15);2-5H,1H3;2*1-2H3. The highest BCUT2D eigenvalue weighted by atomic mass is 16.2. The van der Waals surface area contributed by atoms with Gasteiger partial charge in [0, 0.05) is 23.6 Å². The van der Waals surface area contributed by atoms with Gasteiger partial charge in [0.15, 0.2) is 0 Å². The lowest BCUT2D eigenvalue weighted by Crippen LogP contribution is -2.34. The molecule has 3 aromatic carbocycles. The Hall–Kier alpha value is -3.80. The normalized spacial score (nSPS) is 13.1.